The van der Waals surface area contributed by atoms with Gasteiger partial charge in [-0.2, -0.15) is 0 Å². The first-order valence-corrected chi connectivity index (χ1v) is 8.48. The molecule has 0 aromatic heterocycles. The van der Waals surface area contributed by atoms with Crippen molar-refractivity contribution in [2.45, 2.75) is 12.7 Å². The van der Waals surface area contributed by atoms with Gasteiger partial charge in [0.15, 0.2) is 0 Å². The molecule has 6 heteroatoms. The minimum Gasteiger partial charge on any atom is -0.506 e. The third-order valence-electron chi connectivity index (χ3n) is 2.91. The van der Waals surface area contributed by atoms with Gasteiger partial charge in [0.25, 0.3) is 0 Å². The maximum absolute atomic E-state index is 11.9. The molecule has 3 nitrogen and oxygen atoms in total. The third kappa shape index (κ3) is 4.83. The molecule has 2 N–H and O–H groups in total. The van der Waals surface area contributed by atoms with Crippen molar-refractivity contribution in [1.82, 2.24) is 0 Å². The summed E-state index contributed by atoms with van der Waals surface area (Å²) in [5.41, 5.74) is 2.36. The third-order valence-corrected chi connectivity index (χ3v) is 4.66. The molecule has 0 aliphatic heterocycles. The number of benzene rings is 2. The van der Waals surface area contributed by atoms with Gasteiger partial charge in [0.05, 0.1) is 21.5 Å². The zero-order chi connectivity index (χ0) is 16.1. The molecule has 0 bridgehead atoms. The smallest absolute Gasteiger partial charge is 0.234 e. The van der Waals surface area contributed by atoms with Gasteiger partial charge < -0.3 is 10.4 Å². The number of hydrogen-bond acceptors (Lipinski definition) is 3. The van der Waals surface area contributed by atoms with Crippen LogP contribution >= 0.6 is 35.0 Å². The summed E-state index contributed by atoms with van der Waals surface area (Å²) in [7, 11) is 0. The first-order chi connectivity index (χ1) is 10.5. The first-order valence-electron chi connectivity index (χ1n) is 6.57. The number of carbonyl (C=O) groups is 1. The van der Waals surface area contributed by atoms with Crippen LogP contribution in [0.25, 0.3) is 0 Å². The molecule has 1 amide bonds. The SMILES string of the molecule is Cc1ccc(NC(=O)CSCc2ccc(Cl)c(Cl)c2)c(O)c1. The molecule has 22 heavy (non-hydrogen) atoms. The molecular formula is C16H15Cl2NO2S. The summed E-state index contributed by atoms with van der Waals surface area (Å²) >= 11 is 13.3. The summed E-state index contributed by atoms with van der Waals surface area (Å²) in [4.78, 5) is 11.9. The second-order valence-corrected chi connectivity index (χ2v) is 6.61. The summed E-state index contributed by atoms with van der Waals surface area (Å²) in [6.07, 6.45) is 0. The standard InChI is InChI=1S/C16H15Cl2NO2S/c1-10-2-5-14(15(20)6-10)19-16(21)9-22-8-11-3-4-12(17)13(18)7-11/h2-7,20H,8-9H2,1H3,(H,19,21). The van der Waals surface area contributed by atoms with Crippen molar-refractivity contribution in [3.63, 3.8) is 0 Å². The number of carbonyl (C=O) groups excluding carboxylic acids is 1. The maximum Gasteiger partial charge on any atom is 0.234 e. The fourth-order valence-electron chi connectivity index (χ4n) is 1.82. The number of halogens is 2. The second-order valence-electron chi connectivity index (χ2n) is 4.81. The van der Waals surface area contributed by atoms with E-state index in [1.807, 2.05) is 19.1 Å². The van der Waals surface area contributed by atoms with Crippen molar-refractivity contribution in [1.29, 1.82) is 0 Å². The highest BCUT2D eigenvalue weighted by atomic mass is 35.5. The fourth-order valence-corrected chi connectivity index (χ4v) is 2.92. The predicted octanol–water partition coefficient (Wildman–Crippen LogP) is 4.88. The second kappa shape index (κ2) is 7.77. The van der Waals surface area contributed by atoms with Crippen LogP contribution in [0.1, 0.15) is 11.1 Å². The predicted molar refractivity (Wildman–Crippen MR) is 94.1 cm³/mol. The van der Waals surface area contributed by atoms with Crippen molar-refractivity contribution in [3.05, 3.63) is 57.6 Å². The number of hydrogen-bond donors (Lipinski definition) is 2. The lowest BCUT2D eigenvalue weighted by Gasteiger charge is -2.08. The van der Waals surface area contributed by atoms with Crippen molar-refractivity contribution in [2.24, 2.45) is 0 Å². The number of amides is 1. The van der Waals surface area contributed by atoms with Gasteiger partial charge in [-0.25, -0.2) is 0 Å². The maximum atomic E-state index is 11.9. The van der Waals surface area contributed by atoms with E-state index in [0.29, 0.717) is 21.5 Å². The molecule has 0 saturated carbocycles. The molecule has 0 unspecified atom stereocenters. The summed E-state index contributed by atoms with van der Waals surface area (Å²) in [6, 6.07) is 10.5. The lowest BCUT2D eigenvalue weighted by Crippen LogP contribution is -2.14. The van der Waals surface area contributed by atoms with Gasteiger partial charge in [-0.05, 0) is 42.3 Å². The number of aromatic hydroxyl groups is 1. The van der Waals surface area contributed by atoms with Crippen LogP contribution in [-0.4, -0.2) is 16.8 Å². The normalized spacial score (nSPS) is 10.5. The number of aryl methyl sites for hydroxylation is 1. The Morgan fingerprint density at radius 1 is 1.18 bits per heavy atom. The van der Waals surface area contributed by atoms with Gasteiger partial charge in [-0.3, -0.25) is 4.79 Å². The van der Waals surface area contributed by atoms with Crippen LogP contribution in [0.4, 0.5) is 5.69 Å². The minimum absolute atomic E-state index is 0.0721. The van der Waals surface area contributed by atoms with Crippen LogP contribution in [0.3, 0.4) is 0 Å². The number of rotatable bonds is 5. The Hall–Kier alpha value is -1.36. The molecule has 0 fully saturated rings. The number of phenolic OH excluding ortho intramolecular Hbond substituents is 1. The monoisotopic (exact) mass is 355 g/mol. The van der Waals surface area contributed by atoms with E-state index in [2.05, 4.69) is 5.32 Å². The van der Waals surface area contributed by atoms with Crippen LogP contribution in [-0.2, 0) is 10.5 Å². The molecule has 2 rings (SSSR count). The quantitative estimate of drug-likeness (QED) is 0.751. The minimum atomic E-state index is -0.163. The molecule has 0 aliphatic rings. The Labute approximate surface area is 143 Å². The Bertz CT molecular complexity index is 692. The molecular weight excluding hydrogens is 341 g/mol. The zero-order valence-corrected chi connectivity index (χ0v) is 14.2. The highest BCUT2D eigenvalue weighted by Crippen LogP contribution is 2.26. The lowest BCUT2D eigenvalue weighted by atomic mass is 10.2. The molecule has 0 aliphatic carbocycles. The molecule has 0 spiro atoms. The van der Waals surface area contributed by atoms with E-state index in [4.69, 9.17) is 23.2 Å². The first kappa shape index (κ1) is 17.0. The topological polar surface area (TPSA) is 49.3 Å². The number of nitrogens with one attached hydrogen (secondary N) is 1. The van der Waals surface area contributed by atoms with Gasteiger partial charge >= 0.3 is 0 Å². The molecule has 0 saturated heterocycles. The van der Waals surface area contributed by atoms with E-state index in [1.165, 1.54) is 11.8 Å². The van der Waals surface area contributed by atoms with E-state index in [0.717, 1.165) is 11.1 Å². The summed E-state index contributed by atoms with van der Waals surface area (Å²) in [5, 5.41) is 13.5. The van der Waals surface area contributed by atoms with Gasteiger partial charge in [0.1, 0.15) is 5.75 Å². The van der Waals surface area contributed by atoms with Crippen molar-refractivity contribution < 1.29 is 9.90 Å². The van der Waals surface area contributed by atoms with Crippen molar-refractivity contribution in [3.8, 4) is 5.75 Å². The Kier molecular flexibility index (Phi) is 6.00. The Balaban J connectivity index is 1.83. The summed E-state index contributed by atoms with van der Waals surface area (Å²) in [6.45, 7) is 1.87. The van der Waals surface area contributed by atoms with E-state index in [-0.39, 0.29) is 17.4 Å². The van der Waals surface area contributed by atoms with E-state index in [1.54, 1.807) is 24.3 Å². The highest BCUT2D eigenvalue weighted by molar-refractivity contribution is 7.99. The number of thioether (sulfide) groups is 1. The number of anilines is 1. The fraction of sp³-hybridized carbons (Fsp3) is 0.188. The molecule has 116 valence electrons. The van der Waals surface area contributed by atoms with Crippen molar-refractivity contribution >= 4 is 46.6 Å². The summed E-state index contributed by atoms with van der Waals surface area (Å²) in [5.74, 6) is 0.852. The number of phenols is 1. The molecule has 0 atom stereocenters. The van der Waals surface area contributed by atoms with E-state index < -0.39 is 0 Å². The van der Waals surface area contributed by atoms with Crippen LogP contribution in [0.5, 0.6) is 5.75 Å². The van der Waals surface area contributed by atoms with Gasteiger partial charge in [-0.1, -0.05) is 35.3 Å². The zero-order valence-electron chi connectivity index (χ0n) is 11.9. The van der Waals surface area contributed by atoms with Crippen LogP contribution < -0.4 is 5.32 Å². The average Bonchev–Trinajstić information content (AvgIpc) is 2.46. The lowest BCUT2D eigenvalue weighted by molar-refractivity contribution is -0.113. The molecule has 2 aromatic carbocycles. The van der Waals surface area contributed by atoms with Crippen LogP contribution in [0, 0.1) is 6.92 Å². The highest BCUT2D eigenvalue weighted by Gasteiger charge is 2.07. The van der Waals surface area contributed by atoms with Crippen LogP contribution in [0.2, 0.25) is 10.0 Å². The summed E-state index contributed by atoms with van der Waals surface area (Å²) < 4.78 is 0. The Morgan fingerprint density at radius 3 is 2.64 bits per heavy atom. The van der Waals surface area contributed by atoms with Gasteiger partial charge in [-0.15, -0.1) is 11.8 Å². The van der Waals surface area contributed by atoms with E-state index in [9.17, 15) is 9.90 Å². The van der Waals surface area contributed by atoms with Crippen LogP contribution in [0.15, 0.2) is 36.4 Å². The molecule has 0 radical (unpaired) electrons. The Morgan fingerprint density at radius 2 is 1.95 bits per heavy atom. The van der Waals surface area contributed by atoms with Gasteiger partial charge in [0, 0.05) is 5.75 Å². The van der Waals surface area contributed by atoms with Crippen molar-refractivity contribution in [2.75, 3.05) is 11.1 Å². The van der Waals surface area contributed by atoms with E-state index >= 15 is 0 Å². The largest absolute Gasteiger partial charge is 0.506 e. The van der Waals surface area contributed by atoms with Gasteiger partial charge in [0.2, 0.25) is 5.91 Å². The molecule has 0 heterocycles. The average molecular weight is 356 g/mol. The molecule has 2 aromatic rings.